The van der Waals surface area contributed by atoms with Crippen LogP contribution < -0.4 is 4.90 Å². The van der Waals surface area contributed by atoms with Crippen molar-refractivity contribution in [1.29, 1.82) is 0 Å². The molecular formula is C16H20N2O3. The number of nitrogens with zero attached hydrogens (tertiary/aromatic N) is 2. The monoisotopic (exact) mass is 288 g/mol. The fourth-order valence-corrected chi connectivity index (χ4v) is 2.33. The Labute approximate surface area is 124 Å². The van der Waals surface area contributed by atoms with Crippen molar-refractivity contribution < 1.29 is 14.6 Å². The highest BCUT2D eigenvalue weighted by Gasteiger charge is 2.15. The first kappa shape index (κ1) is 15.3. The predicted molar refractivity (Wildman–Crippen MR) is 83.1 cm³/mol. The van der Waals surface area contributed by atoms with Crippen LogP contribution in [-0.4, -0.2) is 42.4 Å². The summed E-state index contributed by atoms with van der Waals surface area (Å²) in [5, 5.41) is 10.8. The number of aromatic nitrogens is 1. The molecule has 5 nitrogen and oxygen atoms in total. The predicted octanol–water partition coefficient (Wildman–Crippen LogP) is 2.80. The third-order valence-corrected chi connectivity index (χ3v) is 3.40. The van der Waals surface area contributed by atoms with E-state index in [0.717, 1.165) is 24.3 Å². The normalized spacial score (nSPS) is 10.8. The lowest BCUT2D eigenvalue weighted by Gasteiger charge is -2.23. The Hall–Kier alpha value is -2.14. The van der Waals surface area contributed by atoms with Crippen LogP contribution in [0, 0.1) is 0 Å². The van der Waals surface area contributed by atoms with E-state index in [1.54, 1.807) is 0 Å². The van der Waals surface area contributed by atoms with Crippen LogP contribution in [0.1, 0.15) is 24.2 Å². The van der Waals surface area contributed by atoms with E-state index < -0.39 is 5.97 Å². The van der Waals surface area contributed by atoms with E-state index in [0.29, 0.717) is 18.6 Å². The summed E-state index contributed by atoms with van der Waals surface area (Å²) in [5.74, 6) is -0.152. The molecule has 0 aliphatic carbocycles. The Morgan fingerprint density at radius 2 is 2.00 bits per heavy atom. The van der Waals surface area contributed by atoms with Crippen LogP contribution in [0.25, 0.3) is 10.8 Å². The van der Waals surface area contributed by atoms with Gasteiger partial charge in [-0.2, -0.15) is 0 Å². The molecule has 0 saturated carbocycles. The lowest BCUT2D eigenvalue weighted by molar-refractivity contribution is 0.0698. The van der Waals surface area contributed by atoms with Crippen LogP contribution in [-0.2, 0) is 4.74 Å². The minimum Gasteiger partial charge on any atom is -0.478 e. The van der Waals surface area contributed by atoms with Gasteiger partial charge in [0.25, 0.3) is 0 Å². The Kier molecular flexibility index (Phi) is 5.11. The summed E-state index contributed by atoms with van der Waals surface area (Å²) in [6, 6.07) is 7.47. The van der Waals surface area contributed by atoms with Crippen molar-refractivity contribution in [2.75, 3.05) is 31.2 Å². The Morgan fingerprint density at radius 3 is 2.62 bits per heavy atom. The van der Waals surface area contributed by atoms with Crippen LogP contribution in [0.15, 0.2) is 30.5 Å². The van der Waals surface area contributed by atoms with Crippen molar-refractivity contribution in [2.24, 2.45) is 0 Å². The lowest BCUT2D eigenvalue weighted by atomic mass is 10.1. The summed E-state index contributed by atoms with van der Waals surface area (Å²) < 4.78 is 5.40. The highest BCUT2D eigenvalue weighted by atomic mass is 16.5. The molecule has 2 rings (SSSR count). The molecule has 0 spiro atoms. The van der Waals surface area contributed by atoms with E-state index in [2.05, 4.69) is 9.88 Å². The van der Waals surface area contributed by atoms with Gasteiger partial charge in [-0.05, 0) is 13.8 Å². The molecule has 2 aromatic rings. The maximum atomic E-state index is 11.3. The van der Waals surface area contributed by atoms with Crippen molar-refractivity contribution in [3.63, 3.8) is 0 Å². The molecule has 1 heterocycles. The lowest BCUT2D eigenvalue weighted by Crippen LogP contribution is -2.28. The molecule has 112 valence electrons. The Bertz CT molecular complexity index is 628. The van der Waals surface area contributed by atoms with Crippen molar-refractivity contribution in [2.45, 2.75) is 13.8 Å². The second-order valence-corrected chi connectivity index (χ2v) is 4.62. The molecule has 0 aliphatic rings. The number of carboxylic acid groups (broad SMARTS) is 1. The summed E-state index contributed by atoms with van der Waals surface area (Å²) in [4.78, 5) is 17.8. The minimum absolute atomic E-state index is 0.232. The van der Waals surface area contributed by atoms with Crippen LogP contribution in [0.5, 0.6) is 0 Å². The zero-order valence-electron chi connectivity index (χ0n) is 12.4. The van der Waals surface area contributed by atoms with Crippen molar-refractivity contribution in [3.8, 4) is 0 Å². The summed E-state index contributed by atoms with van der Waals surface area (Å²) in [6.07, 6.45) is 1.43. The third kappa shape index (κ3) is 3.31. The van der Waals surface area contributed by atoms with Crippen molar-refractivity contribution in [1.82, 2.24) is 4.98 Å². The number of fused-ring (bicyclic) bond motifs is 1. The van der Waals surface area contributed by atoms with Gasteiger partial charge in [0.05, 0.1) is 12.2 Å². The molecule has 0 amide bonds. The second kappa shape index (κ2) is 7.04. The van der Waals surface area contributed by atoms with Gasteiger partial charge >= 0.3 is 5.97 Å². The molecule has 1 aromatic carbocycles. The number of carboxylic acids is 1. The van der Waals surface area contributed by atoms with Gasteiger partial charge < -0.3 is 14.7 Å². The van der Waals surface area contributed by atoms with Gasteiger partial charge in [-0.15, -0.1) is 0 Å². The number of likely N-dealkylation sites (N-methyl/N-ethyl adjacent to an activating group) is 1. The van der Waals surface area contributed by atoms with Gasteiger partial charge in [0.2, 0.25) is 0 Å². The molecule has 0 bridgehead atoms. The van der Waals surface area contributed by atoms with E-state index in [1.807, 2.05) is 38.1 Å². The number of aromatic carboxylic acids is 1. The van der Waals surface area contributed by atoms with Crippen molar-refractivity contribution >= 4 is 22.6 Å². The smallest absolute Gasteiger partial charge is 0.337 e. The number of anilines is 1. The number of hydrogen-bond acceptors (Lipinski definition) is 4. The molecule has 21 heavy (non-hydrogen) atoms. The van der Waals surface area contributed by atoms with Gasteiger partial charge in [0, 0.05) is 36.7 Å². The molecule has 1 N–H and O–H groups in total. The molecule has 0 aliphatic heterocycles. The maximum Gasteiger partial charge on any atom is 0.337 e. The molecule has 0 atom stereocenters. The molecular weight excluding hydrogens is 268 g/mol. The van der Waals surface area contributed by atoms with Crippen LogP contribution in [0.3, 0.4) is 0 Å². The van der Waals surface area contributed by atoms with Gasteiger partial charge in [0.15, 0.2) is 0 Å². The molecule has 0 saturated heterocycles. The van der Waals surface area contributed by atoms with Gasteiger partial charge in [-0.3, -0.25) is 0 Å². The van der Waals surface area contributed by atoms with Crippen LogP contribution in [0.2, 0.25) is 0 Å². The summed E-state index contributed by atoms with van der Waals surface area (Å²) in [6.45, 7) is 6.84. The first-order valence-corrected chi connectivity index (χ1v) is 7.12. The summed E-state index contributed by atoms with van der Waals surface area (Å²) >= 11 is 0. The molecule has 0 unspecified atom stereocenters. The first-order valence-electron chi connectivity index (χ1n) is 7.12. The van der Waals surface area contributed by atoms with E-state index in [-0.39, 0.29) is 5.56 Å². The largest absolute Gasteiger partial charge is 0.478 e. The number of pyridine rings is 1. The van der Waals surface area contributed by atoms with Crippen molar-refractivity contribution in [3.05, 3.63) is 36.0 Å². The fourth-order valence-electron chi connectivity index (χ4n) is 2.33. The highest BCUT2D eigenvalue weighted by molar-refractivity contribution is 6.06. The highest BCUT2D eigenvalue weighted by Crippen LogP contribution is 2.27. The number of carbonyl (C=O) groups is 1. The quantitative estimate of drug-likeness (QED) is 0.794. The molecule has 5 heteroatoms. The van der Waals surface area contributed by atoms with Gasteiger partial charge in [0.1, 0.15) is 5.82 Å². The number of rotatable bonds is 7. The average Bonchev–Trinajstić information content (AvgIpc) is 2.51. The molecule has 1 aromatic heterocycles. The Balaban J connectivity index is 2.44. The van der Waals surface area contributed by atoms with E-state index in [1.165, 1.54) is 6.20 Å². The Morgan fingerprint density at radius 1 is 1.29 bits per heavy atom. The second-order valence-electron chi connectivity index (χ2n) is 4.62. The zero-order chi connectivity index (χ0) is 15.2. The fraction of sp³-hybridized carbons (Fsp3) is 0.375. The number of benzene rings is 1. The van der Waals surface area contributed by atoms with Gasteiger partial charge in [-0.1, -0.05) is 24.3 Å². The van der Waals surface area contributed by atoms with E-state index in [9.17, 15) is 9.90 Å². The standard InChI is InChI=1S/C16H20N2O3/c1-3-18(9-10-21-4-2)15-13-8-6-5-7-12(13)14(11-17-15)16(19)20/h5-8,11H,3-4,9-10H2,1-2H3,(H,19,20). The van der Waals surface area contributed by atoms with Crippen LogP contribution >= 0.6 is 0 Å². The maximum absolute atomic E-state index is 11.3. The van der Waals surface area contributed by atoms with Crippen LogP contribution in [0.4, 0.5) is 5.82 Å². The SMILES string of the molecule is CCOCCN(CC)c1ncc(C(=O)O)c2ccccc12. The number of ether oxygens (including phenoxy) is 1. The molecule has 0 radical (unpaired) electrons. The minimum atomic E-state index is -0.956. The summed E-state index contributed by atoms with van der Waals surface area (Å²) in [5.41, 5.74) is 0.232. The van der Waals surface area contributed by atoms with E-state index in [4.69, 9.17) is 4.74 Å². The summed E-state index contributed by atoms with van der Waals surface area (Å²) in [7, 11) is 0. The first-order chi connectivity index (χ1) is 10.2. The zero-order valence-corrected chi connectivity index (χ0v) is 12.4. The third-order valence-electron chi connectivity index (χ3n) is 3.40. The van der Waals surface area contributed by atoms with Gasteiger partial charge in [-0.25, -0.2) is 9.78 Å². The average molecular weight is 288 g/mol. The van der Waals surface area contributed by atoms with E-state index >= 15 is 0 Å². The topological polar surface area (TPSA) is 62.7 Å². The molecule has 0 fully saturated rings. The number of hydrogen-bond donors (Lipinski definition) is 1.